The Bertz CT molecular complexity index is 1020. The number of fused-ring (bicyclic) bond motifs is 1. The largest absolute Gasteiger partial charge is 0.365 e. The maximum absolute atomic E-state index is 12.0. The van der Waals surface area contributed by atoms with Gasteiger partial charge in [-0.2, -0.15) is 4.52 Å². The Balaban J connectivity index is 1.24. The SMILES string of the molecule is Cn1ccnc(NCC2CN(c3ccc4nnc(C5CC5)n4n3)C2)c1=O. The van der Waals surface area contributed by atoms with E-state index in [9.17, 15) is 4.79 Å². The molecule has 0 aromatic carbocycles. The molecule has 2 fully saturated rings. The van der Waals surface area contributed by atoms with Crippen molar-refractivity contribution in [3.8, 4) is 0 Å². The Hall–Kier alpha value is -2.97. The number of rotatable bonds is 5. The van der Waals surface area contributed by atoms with Gasteiger partial charge in [-0.25, -0.2) is 4.98 Å². The van der Waals surface area contributed by atoms with Gasteiger partial charge >= 0.3 is 0 Å². The second kappa shape index (κ2) is 5.79. The number of aryl methyl sites for hydroxylation is 1. The third-order valence-corrected chi connectivity index (χ3v) is 5.07. The summed E-state index contributed by atoms with van der Waals surface area (Å²) in [5, 5.41) is 16.4. The van der Waals surface area contributed by atoms with Crippen LogP contribution in [-0.4, -0.2) is 49.0 Å². The van der Waals surface area contributed by atoms with Crippen LogP contribution in [0.3, 0.4) is 0 Å². The number of anilines is 2. The fourth-order valence-corrected chi connectivity index (χ4v) is 3.31. The van der Waals surface area contributed by atoms with E-state index in [1.54, 1.807) is 19.4 Å². The molecule has 1 saturated carbocycles. The van der Waals surface area contributed by atoms with Crippen LogP contribution in [0.15, 0.2) is 29.3 Å². The number of nitrogens with zero attached hydrogens (tertiary/aromatic N) is 7. The molecule has 1 N–H and O–H groups in total. The van der Waals surface area contributed by atoms with Gasteiger partial charge in [0.05, 0.1) is 0 Å². The second-order valence-corrected chi connectivity index (χ2v) is 7.14. The van der Waals surface area contributed by atoms with Crippen molar-refractivity contribution >= 4 is 17.3 Å². The maximum atomic E-state index is 12.0. The molecule has 0 spiro atoms. The molecule has 134 valence electrons. The first-order valence-corrected chi connectivity index (χ1v) is 8.92. The number of hydrogen-bond acceptors (Lipinski definition) is 7. The number of nitrogens with one attached hydrogen (secondary N) is 1. The van der Waals surface area contributed by atoms with E-state index in [-0.39, 0.29) is 5.56 Å². The molecular formula is C17H20N8O. The minimum atomic E-state index is -0.101. The Labute approximate surface area is 149 Å². The van der Waals surface area contributed by atoms with Crippen LogP contribution in [0, 0.1) is 5.92 Å². The van der Waals surface area contributed by atoms with Crippen molar-refractivity contribution < 1.29 is 0 Å². The lowest BCUT2D eigenvalue weighted by Gasteiger charge is -2.40. The normalized spacial score (nSPS) is 17.5. The van der Waals surface area contributed by atoms with Gasteiger partial charge in [0, 0.05) is 50.9 Å². The van der Waals surface area contributed by atoms with Crippen molar-refractivity contribution in [2.24, 2.45) is 13.0 Å². The van der Waals surface area contributed by atoms with E-state index in [1.165, 1.54) is 17.4 Å². The standard InChI is InChI=1S/C17H20N8O/c1-23-7-6-18-15(17(23)26)19-8-11-9-24(10-11)14-5-4-13-20-21-16(12-2-3-12)25(13)22-14/h4-7,11-12H,2-3,8-10H2,1H3,(H,18,19). The molecule has 26 heavy (non-hydrogen) atoms. The smallest absolute Gasteiger partial charge is 0.293 e. The Morgan fingerprint density at radius 2 is 2.08 bits per heavy atom. The van der Waals surface area contributed by atoms with Gasteiger partial charge in [-0.05, 0) is 25.0 Å². The highest BCUT2D eigenvalue weighted by molar-refractivity contribution is 5.48. The van der Waals surface area contributed by atoms with E-state index < -0.39 is 0 Å². The van der Waals surface area contributed by atoms with Crippen molar-refractivity contribution in [2.75, 3.05) is 29.9 Å². The van der Waals surface area contributed by atoms with E-state index in [1.807, 2.05) is 16.6 Å². The second-order valence-electron chi connectivity index (χ2n) is 7.14. The third kappa shape index (κ3) is 2.59. The summed E-state index contributed by atoms with van der Waals surface area (Å²) in [5.74, 6) is 3.31. The summed E-state index contributed by atoms with van der Waals surface area (Å²) in [4.78, 5) is 18.3. The van der Waals surface area contributed by atoms with Crippen LogP contribution in [0.2, 0.25) is 0 Å². The van der Waals surface area contributed by atoms with Crippen LogP contribution in [0.25, 0.3) is 5.65 Å². The van der Waals surface area contributed by atoms with Gasteiger partial charge in [0.1, 0.15) is 5.82 Å². The van der Waals surface area contributed by atoms with Crippen molar-refractivity contribution in [2.45, 2.75) is 18.8 Å². The predicted molar refractivity (Wildman–Crippen MR) is 96.4 cm³/mol. The van der Waals surface area contributed by atoms with Gasteiger partial charge in [-0.15, -0.1) is 15.3 Å². The minimum Gasteiger partial charge on any atom is -0.365 e. The number of hydrogen-bond donors (Lipinski definition) is 1. The summed E-state index contributed by atoms with van der Waals surface area (Å²) in [6.45, 7) is 2.53. The summed E-state index contributed by atoms with van der Waals surface area (Å²) in [7, 11) is 1.73. The molecule has 2 aliphatic rings. The zero-order valence-corrected chi connectivity index (χ0v) is 14.5. The first-order valence-electron chi connectivity index (χ1n) is 8.92. The van der Waals surface area contributed by atoms with Gasteiger partial charge in [-0.1, -0.05) is 0 Å². The topological polar surface area (TPSA) is 93.2 Å². The molecule has 0 radical (unpaired) electrons. The third-order valence-electron chi connectivity index (χ3n) is 5.07. The lowest BCUT2D eigenvalue weighted by Crippen LogP contribution is -2.50. The minimum absolute atomic E-state index is 0.101. The van der Waals surface area contributed by atoms with Crippen molar-refractivity contribution in [1.29, 1.82) is 0 Å². The van der Waals surface area contributed by atoms with Gasteiger partial charge in [0.2, 0.25) is 0 Å². The van der Waals surface area contributed by atoms with E-state index in [2.05, 4.69) is 25.4 Å². The quantitative estimate of drug-likeness (QED) is 0.720. The molecule has 1 aliphatic heterocycles. The highest BCUT2D eigenvalue weighted by Crippen LogP contribution is 2.38. The van der Waals surface area contributed by atoms with Gasteiger partial charge in [0.25, 0.3) is 5.56 Å². The molecule has 3 aromatic heterocycles. The monoisotopic (exact) mass is 352 g/mol. The van der Waals surface area contributed by atoms with Gasteiger partial charge in [0.15, 0.2) is 17.3 Å². The molecule has 0 bridgehead atoms. The Kier molecular flexibility index (Phi) is 3.41. The van der Waals surface area contributed by atoms with Crippen LogP contribution in [0.5, 0.6) is 0 Å². The summed E-state index contributed by atoms with van der Waals surface area (Å²) in [6, 6.07) is 3.98. The van der Waals surface area contributed by atoms with E-state index >= 15 is 0 Å². The molecule has 3 aromatic rings. The molecule has 0 unspecified atom stereocenters. The average molecular weight is 352 g/mol. The lowest BCUT2D eigenvalue weighted by molar-refractivity contribution is 0.424. The van der Waals surface area contributed by atoms with E-state index in [4.69, 9.17) is 5.10 Å². The van der Waals surface area contributed by atoms with Gasteiger partial charge < -0.3 is 14.8 Å². The highest BCUT2D eigenvalue weighted by Gasteiger charge is 2.31. The molecule has 9 heteroatoms. The molecule has 9 nitrogen and oxygen atoms in total. The first kappa shape index (κ1) is 15.3. The van der Waals surface area contributed by atoms with Crippen LogP contribution < -0.4 is 15.8 Å². The van der Waals surface area contributed by atoms with Crippen molar-refractivity contribution in [3.63, 3.8) is 0 Å². The van der Waals surface area contributed by atoms with E-state index in [0.29, 0.717) is 17.7 Å². The lowest BCUT2D eigenvalue weighted by atomic mass is 10.0. The van der Waals surface area contributed by atoms with Crippen LogP contribution in [0.4, 0.5) is 11.6 Å². The molecule has 1 aliphatic carbocycles. The average Bonchev–Trinajstić information content (AvgIpc) is 3.36. The summed E-state index contributed by atoms with van der Waals surface area (Å²) in [5.41, 5.74) is 0.705. The summed E-state index contributed by atoms with van der Waals surface area (Å²) in [6.07, 6.45) is 5.64. The summed E-state index contributed by atoms with van der Waals surface area (Å²) >= 11 is 0. The van der Waals surface area contributed by atoms with Gasteiger partial charge in [-0.3, -0.25) is 4.79 Å². The van der Waals surface area contributed by atoms with E-state index in [0.717, 1.165) is 36.9 Å². The van der Waals surface area contributed by atoms with Crippen LogP contribution in [-0.2, 0) is 7.05 Å². The molecule has 5 rings (SSSR count). The zero-order chi connectivity index (χ0) is 17.7. The number of aromatic nitrogens is 6. The Morgan fingerprint density at radius 1 is 1.23 bits per heavy atom. The molecule has 1 saturated heterocycles. The van der Waals surface area contributed by atoms with Crippen LogP contribution >= 0.6 is 0 Å². The maximum Gasteiger partial charge on any atom is 0.293 e. The van der Waals surface area contributed by atoms with Crippen molar-refractivity contribution in [3.05, 3.63) is 40.7 Å². The molecule has 4 heterocycles. The molecular weight excluding hydrogens is 332 g/mol. The predicted octanol–water partition coefficient (Wildman–Crippen LogP) is 0.644. The first-order chi connectivity index (χ1) is 12.7. The molecule has 0 amide bonds. The zero-order valence-electron chi connectivity index (χ0n) is 14.5. The Morgan fingerprint density at radius 3 is 2.88 bits per heavy atom. The fourth-order valence-electron chi connectivity index (χ4n) is 3.31. The molecule has 0 atom stereocenters. The fraction of sp³-hybridized carbons (Fsp3) is 0.471. The van der Waals surface area contributed by atoms with Crippen LogP contribution in [0.1, 0.15) is 24.6 Å². The summed E-state index contributed by atoms with van der Waals surface area (Å²) < 4.78 is 3.41. The van der Waals surface area contributed by atoms with Crippen molar-refractivity contribution in [1.82, 2.24) is 29.4 Å². The highest BCUT2D eigenvalue weighted by atomic mass is 16.1.